The maximum absolute atomic E-state index is 6.36. The molecule has 0 aliphatic rings. The molecule has 2 rings (SSSR count). The van der Waals surface area contributed by atoms with Gasteiger partial charge in [0.05, 0.1) is 7.11 Å². The Labute approximate surface area is 170 Å². The zero-order valence-corrected chi connectivity index (χ0v) is 18.3. The van der Waals surface area contributed by atoms with Gasteiger partial charge in [0.25, 0.3) is 0 Å². The minimum absolute atomic E-state index is 0.188. The van der Waals surface area contributed by atoms with E-state index in [1.807, 2.05) is 32.0 Å². The molecule has 0 radical (unpaired) electrons. The molecule has 1 atom stereocenters. The van der Waals surface area contributed by atoms with Crippen molar-refractivity contribution in [3.05, 3.63) is 60.2 Å². The smallest absolute Gasteiger partial charge is 0.118 e. The van der Waals surface area contributed by atoms with Crippen LogP contribution in [0, 0.1) is 5.92 Å². The van der Waals surface area contributed by atoms with Gasteiger partial charge in [0.15, 0.2) is 0 Å². The van der Waals surface area contributed by atoms with Gasteiger partial charge in [0.1, 0.15) is 5.75 Å². The number of benzene rings is 2. The summed E-state index contributed by atoms with van der Waals surface area (Å²) in [6, 6.07) is 18.9. The van der Waals surface area contributed by atoms with Crippen LogP contribution in [0.2, 0.25) is 0 Å². The van der Waals surface area contributed by atoms with Crippen LogP contribution in [0.5, 0.6) is 5.75 Å². The average molecular weight is 389 g/mol. The molecule has 0 amide bonds. The van der Waals surface area contributed by atoms with E-state index in [0.29, 0.717) is 5.92 Å². The monoisotopic (exact) mass is 388 g/mol. The maximum Gasteiger partial charge on any atom is 0.118 e. The topological polar surface area (TPSA) is 38.5 Å². The lowest BCUT2D eigenvalue weighted by atomic mass is 10.0. The fourth-order valence-corrected chi connectivity index (χ4v) is 3.82. The van der Waals surface area contributed by atoms with Gasteiger partial charge < -0.3 is 10.5 Å². The molecule has 150 valence electrons. The highest BCUT2D eigenvalue weighted by molar-refractivity contribution is 7.97. The Morgan fingerprint density at radius 2 is 1.63 bits per heavy atom. The van der Waals surface area contributed by atoms with E-state index in [4.69, 9.17) is 10.5 Å². The third-order valence-electron chi connectivity index (χ3n) is 3.95. The molecule has 4 heteroatoms. The second-order valence-corrected chi connectivity index (χ2v) is 7.96. The average Bonchev–Trinajstić information content (AvgIpc) is 2.69. The number of hydrogen-bond donors (Lipinski definition) is 1. The summed E-state index contributed by atoms with van der Waals surface area (Å²) in [7, 11) is 1.70. The van der Waals surface area contributed by atoms with Crippen molar-refractivity contribution in [2.24, 2.45) is 11.7 Å². The normalized spacial score (nSPS) is 11.9. The first-order valence-electron chi connectivity index (χ1n) is 9.93. The third-order valence-corrected chi connectivity index (χ3v) is 5.03. The van der Waals surface area contributed by atoms with E-state index < -0.39 is 0 Å². The number of rotatable bonds is 10. The summed E-state index contributed by atoms with van der Waals surface area (Å²) >= 11 is 1.81. The Hall–Kier alpha value is -1.49. The molecule has 0 aliphatic heterocycles. The van der Waals surface area contributed by atoms with Gasteiger partial charge in [0.2, 0.25) is 0 Å². The van der Waals surface area contributed by atoms with Gasteiger partial charge in [-0.3, -0.25) is 0 Å². The van der Waals surface area contributed by atoms with Crippen LogP contribution < -0.4 is 10.5 Å². The Morgan fingerprint density at radius 3 is 2.19 bits per heavy atom. The number of nitrogens with zero attached hydrogens (tertiary/aromatic N) is 1. The van der Waals surface area contributed by atoms with Crippen molar-refractivity contribution in [1.29, 1.82) is 0 Å². The number of hydrogen-bond acceptors (Lipinski definition) is 4. The van der Waals surface area contributed by atoms with Crippen LogP contribution in [0.3, 0.4) is 0 Å². The van der Waals surface area contributed by atoms with Crippen LogP contribution in [0.1, 0.15) is 39.7 Å². The molecule has 0 fully saturated rings. The number of methoxy groups -OCH3 is 1. The first-order chi connectivity index (χ1) is 13.1. The van der Waals surface area contributed by atoms with Crippen molar-refractivity contribution >= 4 is 11.9 Å². The van der Waals surface area contributed by atoms with Gasteiger partial charge in [-0.1, -0.05) is 58.0 Å². The summed E-state index contributed by atoms with van der Waals surface area (Å²) < 4.78 is 7.66. The molecule has 0 aliphatic carbocycles. The van der Waals surface area contributed by atoms with Gasteiger partial charge in [-0.15, -0.1) is 0 Å². The molecule has 0 heterocycles. The van der Waals surface area contributed by atoms with Crippen molar-refractivity contribution in [2.45, 2.75) is 51.5 Å². The predicted octanol–water partition coefficient (Wildman–Crippen LogP) is 5.65. The molecule has 27 heavy (non-hydrogen) atoms. The van der Waals surface area contributed by atoms with Crippen LogP contribution in [0.15, 0.2) is 59.5 Å². The minimum atomic E-state index is 0.188. The van der Waals surface area contributed by atoms with Crippen LogP contribution >= 0.6 is 11.9 Å². The molecule has 0 spiro atoms. The van der Waals surface area contributed by atoms with E-state index in [2.05, 4.69) is 54.6 Å². The highest BCUT2D eigenvalue weighted by atomic mass is 32.2. The molecule has 0 bridgehead atoms. The fourth-order valence-electron chi connectivity index (χ4n) is 2.70. The van der Waals surface area contributed by atoms with Crippen molar-refractivity contribution < 1.29 is 4.74 Å². The maximum atomic E-state index is 6.36. The fraction of sp³-hybridized carbons (Fsp3) is 0.478. The van der Waals surface area contributed by atoms with Crippen molar-refractivity contribution in [1.82, 2.24) is 4.31 Å². The standard InChI is InChI=1S/C21H30N2OS.C2H6/c1-17(2)16-23(25-21-11-9-20(24-3)10-12-21)14-13-19(22)15-18-7-5-4-6-8-18;1-2/h4-12,17,19H,13-16,22H2,1-3H3;1-2H3. The summed E-state index contributed by atoms with van der Waals surface area (Å²) in [5.41, 5.74) is 7.68. The highest BCUT2D eigenvalue weighted by Gasteiger charge is 2.12. The summed E-state index contributed by atoms with van der Waals surface area (Å²) in [4.78, 5) is 1.23. The molecule has 2 N–H and O–H groups in total. The zero-order chi connectivity index (χ0) is 20.1. The largest absolute Gasteiger partial charge is 0.497 e. The van der Waals surface area contributed by atoms with Crippen molar-refractivity contribution in [3.8, 4) is 5.75 Å². The van der Waals surface area contributed by atoms with Gasteiger partial charge in [-0.05, 0) is 60.5 Å². The van der Waals surface area contributed by atoms with E-state index in [9.17, 15) is 0 Å². The van der Waals surface area contributed by atoms with E-state index in [0.717, 1.165) is 31.7 Å². The zero-order valence-electron chi connectivity index (χ0n) is 17.5. The van der Waals surface area contributed by atoms with Gasteiger partial charge in [-0.25, -0.2) is 4.31 Å². The quantitative estimate of drug-likeness (QED) is 0.534. The Morgan fingerprint density at radius 1 is 1.00 bits per heavy atom. The minimum Gasteiger partial charge on any atom is -0.497 e. The van der Waals surface area contributed by atoms with E-state index in [1.165, 1.54) is 10.5 Å². The highest BCUT2D eigenvalue weighted by Crippen LogP contribution is 2.26. The Bertz CT molecular complexity index is 602. The molecular formula is C23H36N2OS. The van der Waals surface area contributed by atoms with Gasteiger partial charge >= 0.3 is 0 Å². The van der Waals surface area contributed by atoms with Crippen molar-refractivity contribution in [2.75, 3.05) is 20.2 Å². The van der Waals surface area contributed by atoms with Crippen LogP contribution in [0.4, 0.5) is 0 Å². The second-order valence-electron chi connectivity index (χ2n) is 6.79. The summed E-state index contributed by atoms with van der Waals surface area (Å²) in [6.07, 6.45) is 1.92. The molecule has 2 aromatic carbocycles. The van der Waals surface area contributed by atoms with Crippen LogP contribution in [-0.2, 0) is 6.42 Å². The summed E-state index contributed by atoms with van der Waals surface area (Å²) in [6.45, 7) is 10.6. The lowest BCUT2D eigenvalue weighted by Gasteiger charge is -2.24. The molecular weight excluding hydrogens is 352 g/mol. The summed E-state index contributed by atoms with van der Waals surface area (Å²) in [5, 5.41) is 0. The van der Waals surface area contributed by atoms with Crippen LogP contribution in [0.25, 0.3) is 0 Å². The predicted molar refractivity (Wildman–Crippen MR) is 119 cm³/mol. The first-order valence-corrected chi connectivity index (χ1v) is 10.7. The molecule has 0 aromatic heterocycles. The summed E-state index contributed by atoms with van der Waals surface area (Å²) in [5.74, 6) is 1.51. The van der Waals surface area contributed by atoms with E-state index >= 15 is 0 Å². The van der Waals surface area contributed by atoms with Gasteiger partial charge in [0, 0.05) is 24.0 Å². The lowest BCUT2D eigenvalue weighted by Crippen LogP contribution is -2.30. The van der Waals surface area contributed by atoms with E-state index in [1.54, 1.807) is 19.1 Å². The molecule has 1 unspecified atom stereocenters. The van der Waals surface area contributed by atoms with Crippen LogP contribution in [-0.4, -0.2) is 30.5 Å². The Balaban J connectivity index is 0.00000176. The first kappa shape index (κ1) is 23.5. The molecule has 0 saturated heterocycles. The SMILES string of the molecule is CC.COc1ccc(SN(CCC(N)Cc2ccccc2)CC(C)C)cc1. The molecule has 0 saturated carbocycles. The molecule has 3 nitrogen and oxygen atoms in total. The molecule has 2 aromatic rings. The van der Waals surface area contributed by atoms with Gasteiger partial charge in [-0.2, -0.15) is 0 Å². The number of ether oxygens (including phenoxy) is 1. The van der Waals surface area contributed by atoms with E-state index in [-0.39, 0.29) is 6.04 Å². The lowest BCUT2D eigenvalue weighted by molar-refractivity contribution is 0.384. The third kappa shape index (κ3) is 9.85. The van der Waals surface area contributed by atoms with Crippen molar-refractivity contribution in [3.63, 3.8) is 0 Å². The Kier molecular flexibility index (Phi) is 11.9. The second kappa shape index (κ2) is 13.6. The number of nitrogens with two attached hydrogens (primary N) is 1.